The van der Waals surface area contributed by atoms with E-state index in [2.05, 4.69) is 47.8 Å². The van der Waals surface area contributed by atoms with Gasteiger partial charge in [0.25, 0.3) is 5.69 Å². The summed E-state index contributed by atoms with van der Waals surface area (Å²) in [5.41, 5.74) is 3.83. The van der Waals surface area contributed by atoms with E-state index in [1.165, 1.54) is 41.2 Å². The Balaban J connectivity index is 1.54. The van der Waals surface area contributed by atoms with Crippen LogP contribution in [-0.4, -0.2) is 4.92 Å². The van der Waals surface area contributed by atoms with Crippen LogP contribution in [0, 0.1) is 27.9 Å². The number of hydrogen-bond acceptors (Lipinski definition) is 3. The van der Waals surface area contributed by atoms with Crippen LogP contribution in [-0.2, 0) is 0 Å². The number of anilines is 1. The molecule has 140 valence electrons. The number of non-ortho nitro benzene ring substituents is 1. The molecule has 3 aromatic carbocycles. The van der Waals surface area contributed by atoms with Crippen molar-refractivity contribution in [1.29, 1.82) is 0 Å². The van der Waals surface area contributed by atoms with Crippen molar-refractivity contribution in [3.8, 4) is 0 Å². The van der Waals surface area contributed by atoms with E-state index in [1.807, 2.05) is 12.1 Å². The van der Waals surface area contributed by atoms with Crippen LogP contribution in [0.15, 0.2) is 60.7 Å². The van der Waals surface area contributed by atoms with Gasteiger partial charge in [0.2, 0.25) is 0 Å². The summed E-state index contributed by atoms with van der Waals surface area (Å²) in [6.45, 7) is 0. The summed E-state index contributed by atoms with van der Waals surface area (Å²) < 4.78 is 0. The van der Waals surface area contributed by atoms with Crippen molar-refractivity contribution in [3.05, 3.63) is 81.9 Å². The molecule has 2 saturated carbocycles. The van der Waals surface area contributed by atoms with Gasteiger partial charge in [0.1, 0.15) is 0 Å². The summed E-state index contributed by atoms with van der Waals surface area (Å²) >= 11 is 0. The first-order chi connectivity index (χ1) is 13.7. The van der Waals surface area contributed by atoms with E-state index >= 15 is 0 Å². The maximum Gasteiger partial charge on any atom is 0.269 e. The molecular weight excluding hydrogens is 348 g/mol. The molecule has 1 heterocycles. The monoisotopic (exact) mass is 370 g/mol. The summed E-state index contributed by atoms with van der Waals surface area (Å²) in [6, 6.07) is 20.9. The molecule has 5 unspecified atom stereocenters. The number of nitrogens with zero attached hydrogens (tertiary/aromatic N) is 1. The molecular formula is C24H22N2O2. The topological polar surface area (TPSA) is 55.2 Å². The highest BCUT2D eigenvalue weighted by molar-refractivity contribution is 5.86. The second kappa shape index (κ2) is 5.81. The van der Waals surface area contributed by atoms with E-state index in [9.17, 15) is 10.1 Å². The fourth-order valence-electron chi connectivity index (χ4n) is 6.42. The molecule has 28 heavy (non-hydrogen) atoms. The predicted octanol–water partition coefficient (Wildman–Crippen LogP) is 6.04. The molecule has 4 heteroatoms. The summed E-state index contributed by atoms with van der Waals surface area (Å²) in [5, 5.41) is 17.7. The van der Waals surface area contributed by atoms with Gasteiger partial charge >= 0.3 is 0 Å². The zero-order valence-corrected chi connectivity index (χ0v) is 15.5. The van der Waals surface area contributed by atoms with E-state index in [0.717, 1.165) is 5.69 Å². The fraction of sp³-hybridized carbons (Fsp3) is 0.333. The molecule has 5 atom stereocenters. The Labute approximate surface area is 163 Å². The maximum atomic E-state index is 11.4. The number of nitro groups is 1. The van der Waals surface area contributed by atoms with E-state index in [1.54, 1.807) is 6.07 Å². The molecule has 1 aliphatic heterocycles. The van der Waals surface area contributed by atoms with Gasteiger partial charge in [-0.15, -0.1) is 0 Å². The van der Waals surface area contributed by atoms with Crippen LogP contribution in [0.4, 0.5) is 11.4 Å². The normalized spacial score (nSPS) is 29.9. The first-order valence-electron chi connectivity index (χ1n) is 10.2. The maximum absolute atomic E-state index is 11.4. The van der Waals surface area contributed by atoms with Crippen molar-refractivity contribution in [3.63, 3.8) is 0 Å². The number of nitrogens with one attached hydrogen (secondary N) is 1. The average molecular weight is 370 g/mol. The van der Waals surface area contributed by atoms with Crippen LogP contribution in [0.5, 0.6) is 0 Å². The molecule has 0 aromatic heterocycles. The highest BCUT2D eigenvalue weighted by Crippen LogP contribution is 2.64. The lowest BCUT2D eigenvalue weighted by Gasteiger charge is -2.43. The molecule has 0 radical (unpaired) electrons. The van der Waals surface area contributed by atoms with Gasteiger partial charge in [0, 0.05) is 17.8 Å². The summed E-state index contributed by atoms with van der Waals surface area (Å²) in [7, 11) is 0. The Kier molecular flexibility index (Phi) is 3.34. The largest absolute Gasteiger partial charge is 0.378 e. The van der Waals surface area contributed by atoms with Crippen molar-refractivity contribution >= 4 is 22.1 Å². The SMILES string of the molecule is O=[N+]([O-])c1ccc2c(c1)C1C3CCC(C3)C1C(c1cccc3ccccc13)N2. The van der Waals surface area contributed by atoms with E-state index in [0.29, 0.717) is 23.7 Å². The van der Waals surface area contributed by atoms with Gasteiger partial charge in [-0.25, -0.2) is 0 Å². The molecule has 0 amide bonds. The quantitative estimate of drug-likeness (QED) is 0.442. The van der Waals surface area contributed by atoms with E-state index in [-0.39, 0.29) is 16.7 Å². The molecule has 3 aromatic rings. The van der Waals surface area contributed by atoms with Gasteiger partial charge < -0.3 is 5.32 Å². The van der Waals surface area contributed by atoms with E-state index in [4.69, 9.17) is 0 Å². The molecule has 4 nitrogen and oxygen atoms in total. The molecule has 6 rings (SSSR count). The van der Waals surface area contributed by atoms with Crippen molar-refractivity contribution in [2.24, 2.45) is 17.8 Å². The predicted molar refractivity (Wildman–Crippen MR) is 110 cm³/mol. The second-order valence-electron chi connectivity index (χ2n) is 8.66. The molecule has 2 aliphatic carbocycles. The van der Waals surface area contributed by atoms with Crippen LogP contribution in [0.2, 0.25) is 0 Å². The Morgan fingerprint density at radius 2 is 1.75 bits per heavy atom. The fourth-order valence-corrected chi connectivity index (χ4v) is 6.42. The Morgan fingerprint density at radius 3 is 2.64 bits per heavy atom. The number of nitro benzene ring substituents is 1. The van der Waals surface area contributed by atoms with Crippen LogP contribution in [0.1, 0.15) is 42.3 Å². The summed E-state index contributed by atoms with van der Waals surface area (Å²) in [4.78, 5) is 11.1. The van der Waals surface area contributed by atoms with Crippen LogP contribution >= 0.6 is 0 Å². The number of rotatable bonds is 2. The Bertz CT molecular complexity index is 1100. The number of benzene rings is 3. The first kappa shape index (κ1) is 16.1. The lowest BCUT2D eigenvalue weighted by atomic mass is 9.67. The first-order valence-corrected chi connectivity index (χ1v) is 10.2. The minimum Gasteiger partial charge on any atom is -0.378 e. The Hall–Kier alpha value is -2.88. The minimum absolute atomic E-state index is 0.214. The van der Waals surface area contributed by atoms with Crippen molar-refractivity contribution in [2.45, 2.75) is 31.2 Å². The zero-order valence-electron chi connectivity index (χ0n) is 15.5. The van der Waals surface area contributed by atoms with Crippen molar-refractivity contribution in [2.75, 3.05) is 5.32 Å². The van der Waals surface area contributed by atoms with Crippen LogP contribution < -0.4 is 5.32 Å². The van der Waals surface area contributed by atoms with Crippen molar-refractivity contribution in [1.82, 2.24) is 0 Å². The van der Waals surface area contributed by atoms with Gasteiger partial charge in [-0.05, 0) is 70.9 Å². The third-order valence-corrected chi connectivity index (χ3v) is 7.44. The van der Waals surface area contributed by atoms with E-state index < -0.39 is 0 Å². The van der Waals surface area contributed by atoms with Gasteiger partial charge in [-0.2, -0.15) is 0 Å². The molecule has 2 bridgehead atoms. The highest BCUT2D eigenvalue weighted by Gasteiger charge is 2.54. The highest BCUT2D eigenvalue weighted by atomic mass is 16.6. The summed E-state index contributed by atoms with van der Waals surface area (Å²) in [5.74, 6) is 2.31. The standard InChI is InChI=1S/C24H22N2O2/c27-26(28)17-10-11-21-20(13-17)22-15-8-9-16(12-15)23(22)24(25-21)19-7-3-5-14-4-1-2-6-18(14)19/h1-7,10-11,13,15-16,22-25H,8-9,12H2. The van der Waals surface area contributed by atoms with Crippen LogP contribution in [0.25, 0.3) is 10.8 Å². The molecule has 3 aliphatic rings. The lowest BCUT2D eigenvalue weighted by Crippen LogP contribution is -2.35. The second-order valence-corrected chi connectivity index (χ2v) is 8.66. The lowest BCUT2D eigenvalue weighted by molar-refractivity contribution is -0.384. The number of hydrogen-bond donors (Lipinski definition) is 1. The third kappa shape index (κ3) is 2.17. The smallest absolute Gasteiger partial charge is 0.269 e. The van der Waals surface area contributed by atoms with Crippen LogP contribution in [0.3, 0.4) is 0 Å². The molecule has 0 spiro atoms. The molecule has 1 N–H and O–H groups in total. The Morgan fingerprint density at radius 1 is 0.929 bits per heavy atom. The number of fused-ring (bicyclic) bond motifs is 8. The molecule has 2 fully saturated rings. The van der Waals surface area contributed by atoms with Gasteiger partial charge in [-0.3, -0.25) is 10.1 Å². The third-order valence-electron chi connectivity index (χ3n) is 7.44. The zero-order chi connectivity index (χ0) is 18.8. The average Bonchev–Trinajstić information content (AvgIpc) is 3.35. The van der Waals surface area contributed by atoms with Gasteiger partial charge in [0.05, 0.1) is 11.0 Å². The van der Waals surface area contributed by atoms with Crippen molar-refractivity contribution < 1.29 is 4.92 Å². The van der Waals surface area contributed by atoms with Gasteiger partial charge in [-0.1, -0.05) is 42.5 Å². The molecule has 0 saturated heterocycles. The summed E-state index contributed by atoms with van der Waals surface area (Å²) in [6.07, 6.45) is 3.82. The minimum atomic E-state index is -0.265. The van der Waals surface area contributed by atoms with Gasteiger partial charge in [0.15, 0.2) is 0 Å².